The highest BCUT2D eigenvalue weighted by Crippen LogP contribution is 2.32. The van der Waals surface area contributed by atoms with Gasteiger partial charge in [0, 0.05) is 9.79 Å². The normalized spacial score (nSPS) is 10.8. The van der Waals surface area contributed by atoms with Gasteiger partial charge in [-0.15, -0.1) is 0 Å². The molecule has 0 fully saturated rings. The number of aliphatic hydroxyl groups excluding tert-OH is 1. The van der Waals surface area contributed by atoms with Crippen LogP contribution in [0.1, 0.15) is 5.56 Å². The molecule has 1 N–H and O–H groups in total. The molecule has 3 aromatic rings. The molecule has 0 amide bonds. The van der Waals surface area contributed by atoms with Gasteiger partial charge in [0.25, 0.3) is 0 Å². The molecule has 0 unspecified atom stereocenters. The van der Waals surface area contributed by atoms with Crippen molar-refractivity contribution < 1.29 is 5.11 Å². The summed E-state index contributed by atoms with van der Waals surface area (Å²) in [4.78, 5) is 2.31. The van der Waals surface area contributed by atoms with Crippen molar-refractivity contribution in [1.82, 2.24) is 0 Å². The molecule has 0 aromatic heterocycles. The second-order valence-electron chi connectivity index (χ2n) is 4.38. The lowest BCUT2D eigenvalue weighted by Crippen LogP contribution is -1.86. The van der Waals surface area contributed by atoms with Crippen molar-refractivity contribution in [2.75, 3.05) is 0 Å². The second-order valence-corrected chi connectivity index (χ2v) is 5.49. The minimum atomic E-state index is 0.0801. The first kappa shape index (κ1) is 12.3. The molecule has 1 nitrogen and oxygen atoms in total. The maximum absolute atomic E-state index is 9.35. The SMILES string of the molecule is OCc1ccccc1Sc1ccc2ccccc2c1. The highest BCUT2D eigenvalue weighted by Gasteiger charge is 2.03. The van der Waals surface area contributed by atoms with Gasteiger partial charge in [-0.25, -0.2) is 0 Å². The van der Waals surface area contributed by atoms with Gasteiger partial charge in [0.2, 0.25) is 0 Å². The van der Waals surface area contributed by atoms with Gasteiger partial charge in [0.05, 0.1) is 6.61 Å². The fourth-order valence-electron chi connectivity index (χ4n) is 2.09. The Morgan fingerprint density at radius 3 is 2.37 bits per heavy atom. The molecule has 0 bridgehead atoms. The van der Waals surface area contributed by atoms with Gasteiger partial charge in [-0.2, -0.15) is 0 Å². The first-order valence-corrected chi connectivity index (χ1v) is 7.04. The van der Waals surface area contributed by atoms with Crippen molar-refractivity contribution in [3.63, 3.8) is 0 Å². The lowest BCUT2D eigenvalue weighted by atomic mass is 10.1. The first-order valence-electron chi connectivity index (χ1n) is 6.22. The van der Waals surface area contributed by atoms with Gasteiger partial charge in [0.1, 0.15) is 0 Å². The molecule has 2 heteroatoms. The number of rotatable bonds is 3. The van der Waals surface area contributed by atoms with Crippen LogP contribution in [-0.2, 0) is 6.61 Å². The Balaban J connectivity index is 1.96. The second kappa shape index (κ2) is 5.47. The summed E-state index contributed by atoms with van der Waals surface area (Å²) in [7, 11) is 0. The molecule has 0 saturated carbocycles. The van der Waals surface area contributed by atoms with Crippen LogP contribution in [0.5, 0.6) is 0 Å². The molecule has 94 valence electrons. The highest BCUT2D eigenvalue weighted by molar-refractivity contribution is 7.99. The van der Waals surface area contributed by atoms with Gasteiger partial charge in [-0.05, 0) is 34.5 Å². The topological polar surface area (TPSA) is 20.2 Å². The van der Waals surface area contributed by atoms with Crippen LogP contribution in [0.25, 0.3) is 10.8 Å². The number of hydrogen-bond acceptors (Lipinski definition) is 2. The molecular weight excluding hydrogens is 252 g/mol. The van der Waals surface area contributed by atoms with Crippen LogP contribution in [0.15, 0.2) is 76.5 Å². The van der Waals surface area contributed by atoms with Crippen LogP contribution in [-0.4, -0.2) is 5.11 Å². The minimum absolute atomic E-state index is 0.0801. The first-order chi connectivity index (χ1) is 9.36. The summed E-state index contributed by atoms with van der Waals surface area (Å²) in [5.74, 6) is 0. The van der Waals surface area contributed by atoms with Crippen molar-refractivity contribution in [3.05, 3.63) is 72.3 Å². The van der Waals surface area contributed by atoms with Crippen molar-refractivity contribution in [2.45, 2.75) is 16.4 Å². The van der Waals surface area contributed by atoms with Crippen LogP contribution in [0.2, 0.25) is 0 Å². The predicted molar refractivity (Wildman–Crippen MR) is 80.4 cm³/mol. The Bertz CT molecular complexity index is 706. The van der Waals surface area contributed by atoms with Crippen molar-refractivity contribution in [2.24, 2.45) is 0 Å². The third-order valence-corrected chi connectivity index (χ3v) is 4.20. The molecule has 0 spiro atoms. The fourth-order valence-corrected chi connectivity index (χ4v) is 3.08. The van der Waals surface area contributed by atoms with E-state index in [0.717, 1.165) is 10.5 Å². The van der Waals surface area contributed by atoms with Gasteiger partial charge < -0.3 is 5.11 Å². The van der Waals surface area contributed by atoms with E-state index in [-0.39, 0.29) is 6.61 Å². The molecular formula is C17H14OS. The highest BCUT2D eigenvalue weighted by atomic mass is 32.2. The molecule has 0 aliphatic heterocycles. The molecule has 3 rings (SSSR count). The van der Waals surface area contributed by atoms with E-state index in [1.165, 1.54) is 15.7 Å². The number of benzene rings is 3. The molecule has 0 aliphatic rings. The fraction of sp³-hybridized carbons (Fsp3) is 0.0588. The summed E-state index contributed by atoms with van der Waals surface area (Å²) in [5.41, 5.74) is 0.973. The average Bonchev–Trinajstić information content (AvgIpc) is 2.48. The summed E-state index contributed by atoms with van der Waals surface area (Å²) in [6.45, 7) is 0.0801. The van der Waals surface area contributed by atoms with E-state index in [9.17, 15) is 5.11 Å². The minimum Gasteiger partial charge on any atom is -0.392 e. The number of hydrogen-bond donors (Lipinski definition) is 1. The van der Waals surface area contributed by atoms with Crippen LogP contribution in [0.3, 0.4) is 0 Å². The van der Waals surface area contributed by atoms with E-state index in [0.29, 0.717) is 0 Å². The summed E-state index contributed by atoms with van der Waals surface area (Å²) in [6, 6.07) is 22.8. The van der Waals surface area contributed by atoms with Crippen LogP contribution < -0.4 is 0 Å². The maximum Gasteiger partial charge on any atom is 0.0692 e. The smallest absolute Gasteiger partial charge is 0.0692 e. The standard InChI is InChI=1S/C17H14OS/c18-12-15-7-3-4-8-17(15)19-16-10-9-13-5-1-2-6-14(13)11-16/h1-11,18H,12H2. The molecule has 0 radical (unpaired) electrons. The zero-order valence-corrected chi connectivity index (χ0v) is 11.2. The van der Waals surface area contributed by atoms with E-state index < -0.39 is 0 Å². The van der Waals surface area contributed by atoms with Gasteiger partial charge in [-0.3, -0.25) is 0 Å². The summed E-state index contributed by atoms with van der Waals surface area (Å²) in [6.07, 6.45) is 0. The van der Waals surface area contributed by atoms with Crippen LogP contribution in [0, 0.1) is 0 Å². The lowest BCUT2D eigenvalue weighted by Gasteiger charge is -2.07. The monoisotopic (exact) mass is 266 g/mol. The Morgan fingerprint density at radius 1 is 0.789 bits per heavy atom. The third kappa shape index (κ3) is 2.65. The molecule has 0 heterocycles. The van der Waals surface area contributed by atoms with Gasteiger partial charge in [-0.1, -0.05) is 60.3 Å². The molecule has 0 atom stereocenters. The molecule has 19 heavy (non-hydrogen) atoms. The van der Waals surface area contributed by atoms with Gasteiger partial charge in [0.15, 0.2) is 0 Å². The summed E-state index contributed by atoms with van der Waals surface area (Å²) < 4.78 is 0. The quantitative estimate of drug-likeness (QED) is 0.754. The van der Waals surface area contributed by atoms with Crippen LogP contribution >= 0.6 is 11.8 Å². The zero-order chi connectivity index (χ0) is 13.1. The average molecular weight is 266 g/mol. The van der Waals surface area contributed by atoms with E-state index in [1.54, 1.807) is 11.8 Å². The Labute approximate surface area is 116 Å². The van der Waals surface area contributed by atoms with Crippen molar-refractivity contribution >= 4 is 22.5 Å². The zero-order valence-electron chi connectivity index (χ0n) is 10.4. The van der Waals surface area contributed by atoms with Gasteiger partial charge >= 0.3 is 0 Å². The molecule has 3 aromatic carbocycles. The Morgan fingerprint density at radius 2 is 1.53 bits per heavy atom. The Hall–Kier alpha value is -1.77. The van der Waals surface area contributed by atoms with E-state index in [2.05, 4.69) is 42.5 Å². The lowest BCUT2D eigenvalue weighted by molar-refractivity contribution is 0.279. The third-order valence-electron chi connectivity index (χ3n) is 3.09. The molecule has 0 saturated heterocycles. The number of aliphatic hydroxyl groups is 1. The maximum atomic E-state index is 9.35. The summed E-state index contributed by atoms with van der Waals surface area (Å²) >= 11 is 1.69. The predicted octanol–water partition coefficient (Wildman–Crippen LogP) is 4.48. The Kier molecular flexibility index (Phi) is 3.53. The largest absolute Gasteiger partial charge is 0.392 e. The van der Waals surface area contributed by atoms with Crippen LogP contribution in [0.4, 0.5) is 0 Å². The number of fused-ring (bicyclic) bond motifs is 1. The van der Waals surface area contributed by atoms with E-state index in [1.807, 2.05) is 24.3 Å². The van der Waals surface area contributed by atoms with E-state index in [4.69, 9.17) is 0 Å². The van der Waals surface area contributed by atoms with Crippen molar-refractivity contribution in [1.29, 1.82) is 0 Å². The summed E-state index contributed by atoms with van der Waals surface area (Å²) in [5, 5.41) is 11.9. The van der Waals surface area contributed by atoms with Crippen molar-refractivity contribution in [3.8, 4) is 0 Å². The van der Waals surface area contributed by atoms with E-state index >= 15 is 0 Å². The molecule has 0 aliphatic carbocycles.